The Balaban J connectivity index is 0.00000280. The number of nitrogens with zero attached hydrogens (tertiary/aromatic N) is 2. The number of hydrogen-bond donors (Lipinski definition) is 2. The van der Waals surface area contributed by atoms with Crippen LogP contribution in [0.15, 0.2) is 36.7 Å². The highest BCUT2D eigenvalue weighted by Gasteiger charge is 2.36. The SMILES string of the molecule is CCC(CC)(CNC(=O)[C@H]1CNC[C@@H]1c1cnn(C)c1)c1ccc(Cl)cc1.Cl. The molecule has 0 radical (unpaired) electrons. The van der Waals surface area contributed by atoms with E-state index in [1.807, 2.05) is 31.6 Å². The Hall–Kier alpha value is -1.56. The van der Waals surface area contributed by atoms with E-state index >= 15 is 0 Å². The normalized spacial score (nSPS) is 19.3. The van der Waals surface area contributed by atoms with Crippen LogP contribution in [0.2, 0.25) is 5.02 Å². The molecule has 2 aromatic rings. The number of nitrogens with one attached hydrogen (secondary N) is 2. The van der Waals surface area contributed by atoms with E-state index in [-0.39, 0.29) is 35.6 Å². The van der Waals surface area contributed by atoms with E-state index in [0.29, 0.717) is 13.1 Å². The van der Waals surface area contributed by atoms with Gasteiger partial charge in [-0.3, -0.25) is 9.48 Å². The number of benzene rings is 1. The summed E-state index contributed by atoms with van der Waals surface area (Å²) >= 11 is 6.05. The molecule has 1 aromatic heterocycles. The second kappa shape index (κ2) is 9.77. The molecule has 3 rings (SSSR count). The summed E-state index contributed by atoms with van der Waals surface area (Å²) in [7, 11) is 1.91. The highest BCUT2D eigenvalue weighted by Crippen LogP contribution is 2.33. The number of aryl methyl sites for hydroxylation is 1. The summed E-state index contributed by atoms with van der Waals surface area (Å²) in [6.45, 7) is 6.52. The molecule has 28 heavy (non-hydrogen) atoms. The molecular weight excluding hydrogens is 395 g/mol. The monoisotopic (exact) mass is 424 g/mol. The van der Waals surface area contributed by atoms with Crippen LogP contribution in [0.3, 0.4) is 0 Å². The summed E-state index contributed by atoms with van der Waals surface area (Å²) in [5.74, 6) is 0.229. The van der Waals surface area contributed by atoms with Crippen molar-refractivity contribution in [3.63, 3.8) is 0 Å². The zero-order chi connectivity index (χ0) is 19.4. The molecule has 0 aliphatic carbocycles. The minimum absolute atomic E-state index is 0. The number of carbonyl (C=O) groups excluding carboxylic acids is 1. The molecule has 1 aliphatic heterocycles. The third-order valence-electron chi connectivity index (χ3n) is 6.12. The third kappa shape index (κ3) is 4.70. The summed E-state index contributed by atoms with van der Waals surface area (Å²) in [4.78, 5) is 13.0. The van der Waals surface area contributed by atoms with E-state index in [4.69, 9.17) is 11.6 Å². The van der Waals surface area contributed by atoms with Gasteiger partial charge in [0.05, 0.1) is 12.1 Å². The maximum Gasteiger partial charge on any atom is 0.225 e. The maximum absolute atomic E-state index is 13.0. The van der Waals surface area contributed by atoms with Crippen molar-refractivity contribution in [1.82, 2.24) is 20.4 Å². The van der Waals surface area contributed by atoms with Crippen LogP contribution in [0.5, 0.6) is 0 Å². The second-order valence-electron chi connectivity index (χ2n) is 7.53. The van der Waals surface area contributed by atoms with Crippen molar-refractivity contribution in [3.05, 3.63) is 52.8 Å². The summed E-state index contributed by atoms with van der Waals surface area (Å²) in [6, 6.07) is 8.02. The molecule has 1 saturated heterocycles. The van der Waals surface area contributed by atoms with E-state index in [9.17, 15) is 4.79 Å². The van der Waals surface area contributed by atoms with Gasteiger partial charge in [-0.15, -0.1) is 12.4 Å². The zero-order valence-electron chi connectivity index (χ0n) is 16.7. The average molecular weight is 425 g/mol. The lowest BCUT2D eigenvalue weighted by Gasteiger charge is -2.33. The first-order chi connectivity index (χ1) is 13.0. The van der Waals surface area contributed by atoms with Gasteiger partial charge in [0.25, 0.3) is 0 Å². The van der Waals surface area contributed by atoms with Gasteiger partial charge in [0.15, 0.2) is 0 Å². The van der Waals surface area contributed by atoms with E-state index in [2.05, 4.69) is 41.7 Å². The minimum atomic E-state index is -0.0733. The predicted octanol–water partition coefficient (Wildman–Crippen LogP) is 3.67. The molecule has 1 aliphatic rings. The fourth-order valence-corrected chi connectivity index (χ4v) is 4.26. The maximum atomic E-state index is 13.0. The van der Waals surface area contributed by atoms with E-state index < -0.39 is 0 Å². The van der Waals surface area contributed by atoms with Crippen LogP contribution in [0.25, 0.3) is 0 Å². The standard InChI is InChI=1S/C21H29ClN4O.ClH/c1-4-21(5-2,16-6-8-17(22)9-7-16)14-24-20(27)19-12-23-11-18(19)15-10-25-26(3)13-15;/h6-10,13,18-19,23H,4-5,11-12,14H2,1-3H3,(H,24,27);1H/t18-,19+;/m1./s1. The van der Waals surface area contributed by atoms with E-state index in [1.54, 1.807) is 4.68 Å². The quantitative estimate of drug-likeness (QED) is 0.712. The van der Waals surface area contributed by atoms with Crippen molar-refractivity contribution in [2.75, 3.05) is 19.6 Å². The molecule has 1 amide bonds. The molecule has 154 valence electrons. The lowest BCUT2D eigenvalue weighted by molar-refractivity contribution is -0.125. The molecule has 2 heterocycles. The van der Waals surface area contributed by atoms with Crippen LogP contribution in [0.4, 0.5) is 0 Å². The van der Waals surface area contributed by atoms with Gasteiger partial charge in [-0.1, -0.05) is 37.6 Å². The average Bonchev–Trinajstić information content (AvgIpc) is 3.32. The molecule has 1 aromatic carbocycles. The van der Waals surface area contributed by atoms with Gasteiger partial charge in [0.2, 0.25) is 5.91 Å². The number of hydrogen-bond acceptors (Lipinski definition) is 3. The Morgan fingerprint density at radius 2 is 1.96 bits per heavy atom. The van der Waals surface area contributed by atoms with Crippen LogP contribution in [0.1, 0.15) is 43.7 Å². The van der Waals surface area contributed by atoms with Gasteiger partial charge in [-0.2, -0.15) is 5.10 Å². The smallest absolute Gasteiger partial charge is 0.225 e. The van der Waals surface area contributed by atoms with Gasteiger partial charge >= 0.3 is 0 Å². The van der Waals surface area contributed by atoms with Crippen molar-refractivity contribution in [2.45, 2.75) is 38.0 Å². The largest absolute Gasteiger partial charge is 0.355 e. The zero-order valence-corrected chi connectivity index (χ0v) is 18.3. The molecule has 2 N–H and O–H groups in total. The Morgan fingerprint density at radius 3 is 2.54 bits per heavy atom. The van der Waals surface area contributed by atoms with Crippen molar-refractivity contribution < 1.29 is 4.79 Å². The van der Waals surface area contributed by atoms with Crippen molar-refractivity contribution >= 4 is 29.9 Å². The lowest BCUT2D eigenvalue weighted by atomic mass is 9.75. The summed E-state index contributed by atoms with van der Waals surface area (Å²) in [6.07, 6.45) is 5.79. The summed E-state index contributed by atoms with van der Waals surface area (Å²) in [5, 5.41) is 11.6. The first kappa shape index (κ1) is 22.7. The van der Waals surface area contributed by atoms with Crippen LogP contribution < -0.4 is 10.6 Å². The lowest BCUT2D eigenvalue weighted by Crippen LogP contribution is -2.43. The summed E-state index contributed by atoms with van der Waals surface area (Å²) in [5.41, 5.74) is 2.28. The number of halogens is 2. The fourth-order valence-electron chi connectivity index (χ4n) is 4.14. The van der Waals surface area contributed by atoms with Crippen LogP contribution >= 0.6 is 24.0 Å². The number of amides is 1. The first-order valence-electron chi connectivity index (χ1n) is 9.72. The van der Waals surface area contributed by atoms with Gasteiger partial charge in [0.1, 0.15) is 0 Å². The predicted molar refractivity (Wildman–Crippen MR) is 116 cm³/mol. The molecular formula is C21H30Cl2N4O. The number of rotatable bonds is 7. The Kier molecular flexibility index (Phi) is 7.93. The first-order valence-corrected chi connectivity index (χ1v) is 10.1. The van der Waals surface area contributed by atoms with Gasteiger partial charge in [0, 0.05) is 49.2 Å². The third-order valence-corrected chi connectivity index (χ3v) is 6.37. The highest BCUT2D eigenvalue weighted by molar-refractivity contribution is 6.30. The molecule has 0 saturated carbocycles. The topological polar surface area (TPSA) is 59.0 Å². The molecule has 7 heteroatoms. The Morgan fingerprint density at radius 1 is 1.29 bits per heavy atom. The van der Waals surface area contributed by atoms with Crippen LogP contribution in [-0.4, -0.2) is 35.3 Å². The van der Waals surface area contributed by atoms with Crippen molar-refractivity contribution in [3.8, 4) is 0 Å². The van der Waals surface area contributed by atoms with Crippen LogP contribution in [0, 0.1) is 5.92 Å². The number of aromatic nitrogens is 2. The molecule has 0 spiro atoms. The molecule has 2 atom stereocenters. The molecule has 0 bridgehead atoms. The number of carbonyl (C=O) groups is 1. The second-order valence-corrected chi connectivity index (χ2v) is 7.97. The van der Waals surface area contributed by atoms with Gasteiger partial charge in [-0.25, -0.2) is 0 Å². The van der Waals surface area contributed by atoms with E-state index in [1.165, 1.54) is 5.56 Å². The minimum Gasteiger partial charge on any atom is -0.355 e. The molecule has 0 unspecified atom stereocenters. The Labute approximate surface area is 178 Å². The van der Waals surface area contributed by atoms with Gasteiger partial charge < -0.3 is 10.6 Å². The van der Waals surface area contributed by atoms with Gasteiger partial charge in [-0.05, 0) is 36.1 Å². The molecule has 1 fully saturated rings. The fraction of sp³-hybridized carbons (Fsp3) is 0.524. The van der Waals surface area contributed by atoms with Crippen LogP contribution in [-0.2, 0) is 17.3 Å². The highest BCUT2D eigenvalue weighted by atomic mass is 35.5. The Bertz CT molecular complexity index is 771. The van der Waals surface area contributed by atoms with Crippen molar-refractivity contribution in [1.29, 1.82) is 0 Å². The molecule has 5 nitrogen and oxygen atoms in total. The van der Waals surface area contributed by atoms with Crippen molar-refractivity contribution in [2.24, 2.45) is 13.0 Å². The van der Waals surface area contributed by atoms with E-state index in [0.717, 1.165) is 30.0 Å². The summed E-state index contributed by atoms with van der Waals surface area (Å²) < 4.78 is 1.79.